The summed E-state index contributed by atoms with van der Waals surface area (Å²) in [4.78, 5) is 2.36. The highest BCUT2D eigenvalue weighted by molar-refractivity contribution is 5.63. The van der Waals surface area contributed by atoms with Crippen molar-refractivity contribution >= 4 is 0 Å². The van der Waals surface area contributed by atoms with Gasteiger partial charge in [0.05, 0.1) is 23.9 Å². The first-order chi connectivity index (χ1) is 14.4. The van der Waals surface area contributed by atoms with E-state index >= 15 is 0 Å². The van der Waals surface area contributed by atoms with Crippen LogP contribution in [0, 0.1) is 17.8 Å². The van der Waals surface area contributed by atoms with Gasteiger partial charge in [-0.2, -0.15) is 13.2 Å². The molecule has 0 radical (unpaired) electrons. The van der Waals surface area contributed by atoms with Gasteiger partial charge in [-0.1, -0.05) is 23.4 Å². The number of benzene rings is 1. The highest BCUT2D eigenvalue weighted by atomic mass is 19.4. The van der Waals surface area contributed by atoms with Crippen molar-refractivity contribution in [2.24, 2.45) is 17.8 Å². The maximum absolute atomic E-state index is 13.4. The third kappa shape index (κ3) is 3.99. The summed E-state index contributed by atoms with van der Waals surface area (Å²) < 4.78 is 48.4. The summed E-state index contributed by atoms with van der Waals surface area (Å²) in [6.45, 7) is 2.91. The Labute approximate surface area is 174 Å². The number of alkyl halides is 3. The molecule has 3 aliphatic rings. The average Bonchev–Trinajstić information content (AvgIpc) is 3.27. The van der Waals surface area contributed by atoms with Crippen LogP contribution in [0.5, 0.6) is 0 Å². The molecule has 1 aliphatic heterocycles. The molecule has 8 heteroatoms. The van der Waals surface area contributed by atoms with Crippen molar-refractivity contribution in [3.05, 3.63) is 36.0 Å². The van der Waals surface area contributed by atoms with Crippen LogP contribution in [0.2, 0.25) is 0 Å². The molecular formula is C22H27F3N4O. The van der Waals surface area contributed by atoms with E-state index in [9.17, 15) is 13.2 Å². The maximum Gasteiger partial charge on any atom is 0.417 e. The van der Waals surface area contributed by atoms with Crippen LogP contribution < -0.4 is 0 Å². The second-order valence-electron chi connectivity index (χ2n) is 9.22. The maximum atomic E-state index is 13.4. The molecule has 1 aromatic carbocycles. The fraction of sp³-hybridized carbons (Fsp3) is 0.636. The van der Waals surface area contributed by atoms with E-state index in [-0.39, 0.29) is 23.4 Å². The van der Waals surface area contributed by atoms with Crippen molar-refractivity contribution in [1.82, 2.24) is 19.9 Å². The zero-order valence-corrected chi connectivity index (χ0v) is 17.1. The summed E-state index contributed by atoms with van der Waals surface area (Å²) in [5, 5.41) is 8.40. The summed E-state index contributed by atoms with van der Waals surface area (Å²) >= 11 is 0. The summed E-state index contributed by atoms with van der Waals surface area (Å²) in [5.74, 6) is 1.85. The fourth-order valence-electron chi connectivity index (χ4n) is 5.14. The zero-order valence-electron chi connectivity index (χ0n) is 17.1. The predicted octanol–water partition coefficient (Wildman–Crippen LogP) is 4.27. The average molecular weight is 420 g/mol. The van der Waals surface area contributed by atoms with Crippen molar-refractivity contribution in [3.8, 4) is 11.3 Å². The molecule has 2 aliphatic carbocycles. The lowest BCUT2D eigenvalue weighted by Crippen LogP contribution is -2.38. The predicted molar refractivity (Wildman–Crippen MR) is 106 cm³/mol. The van der Waals surface area contributed by atoms with Crippen LogP contribution >= 0.6 is 0 Å². The molecule has 0 N–H and O–H groups in total. The SMILES string of the molecule is CN1C[C@H]2C[C@@H](n3cc(-c4ccccc4C(F)(F)F)nn3)[C@H](OCC3CC3)C[C@H]2C1. The minimum Gasteiger partial charge on any atom is -0.376 e. The number of likely N-dealkylation sites (tertiary alicyclic amines) is 1. The van der Waals surface area contributed by atoms with E-state index in [4.69, 9.17) is 4.74 Å². The lowest BCUT2D eigenvalue weighted by molar-refractivity contribution is -0.137. The van der Waals surface area contributed by atoms with Crippen LogP contribution in [-0.4, -0.2) is 52.7 Å². The molecule has 1 saturated heterocycles. The second kappa shape index (κ2) is 7.64. The van der Waals surface area contributed by atoms with Crippen molar-refractivity contribution in [1.29, 1.82) is 0 Å². The van der Waals surface area contributed by atoms with Gasteiger partial charge in [-0.3, -0.25) is 0 Å². The van der Waals surface area contributed by atoms with Gasteiger partial charge in [0, 0.05) is 25.3 Å². The Morgan fingerprint density at radius 1 is 1.10 bits per heavy atom. The Hall–Kier alpha value is -1.93. The summed E-state index contributed by atoms with van der Waals surface area (Å²) in [6.07, 6.45) is 1.63. The third-order valence-corrected chi connectivity index (χ3v) is 6.87. The Morgan fingerprint density at radius 2 is 1.83 bits per heavy atom. The monoisotopic (exact) mass is 420 g/mol. The van der Waals surface area contributed by atoms with Gasteiger partial charge >= 0.3 is 6.18 Å². The molecule has 2 aromatic rings. The fourth-order valence-corrected chi connectivity index (χ4v) is 5.14. The number of hydrogen-bond acceptors (Lipinski definition) is 4. The van der Waals surface area contributed by atoms with E-state index in [1.807, 2.05) is 0 Å². The van der Waals surface area contributed by atoms with Crippen molar-refractivity contribution in [2.75, 3.05) is 26.7 Å². The molecule has 0 bridgehead atoms. The van der Waals surface area contributed by atoms with Crippen LogP contribution in [-0.2, 0) is 10.9 Å². The van der Waals surface area contributed by atoms with Crippen LogP contribution in [0.25, 0.3) is 11.3 Å². The van der Waals surface area contributed by atoms with Gasteiger partial charge in [-0.15, -0.1) is 5.10 Å². The molecule has 30 heavy (non-hydrogen) atoms. The topological polar surface area (TPSA) is 43.2 Å². The molecule has 5 nitrogen and oxygen atoms in total. The molecule has 0 unspecified atom stereocenters. The number of rotatable bonds is 5. The summed E-state index contributed by atoms with van der Waals surface area (Å²) in [5.41, 5.74) is -0.352. The van der Waals surface area contributed by atoms with Crippen molar-refractivity contribution < 1.29 is 17.9 Å². The van der Waals surface area contributed by atoms with Gasteiger partial charge < -0.3 is 9.64 Å². The van der Waals surface area contributed by atoms with Crippen LogP contribution in [0.4, 0.5) is 13.2 Å². The minimum atomic E-state index is -4.43. The molecule has 5 rings (SSSR count). The van der Waals surface area contributed by atoms with Gasteiger partial charge in [0.1, 0.15) is 5.69 Å². The number of aromatic nitrogens is 3. The zero-order chi connectivity index (χ0) is 20.9. The lowest BCUT2D eigenvalue weighted by Gasteiger charge is -2.37. The number of ether oxygens (including phenoxy) is 1. The standard InChI is InChI=1S/C22H27F3N4O/c1-28-10-15-8-20(21(9-16(15)11-28)30-13-14-6-7-14)29-12-19(26-27-29)17-4-2-3-5-18(17)22(23,24)25/h2-5,12,14-16,20-21H,6-11,13H2,1H3/t15-,16+,20-,21-/m1/s1. The van der Waals surface area contributed by atoms with E-state index < -0.39 is 11.7 Å². The van der Waals surface area contributed by atoms with Gasteiger partial charge in [0.2, 0.25) is 0 Å². The number of fused-ring (bicyclic) bond motifs is 1. The first-order valence-electron chi connectivity index (χ1n) is 10.8. The van der Waals surface area contributed by atoms with Gasteiger partial charge in [0.25, 0.3) is 0 Å². The highest BCUT2D eigenvalue weighted by Crippen LogP contribution is 2.43. The first kappa shape index (κ1) is 20.0. The molecule has 0 amide bonds. The quantitative estimate of drug-likeness (QED) is 0.725. The van der Waals surface area contributed by atoms with Crippen molar-refractivity contribution in [2.45, 2.75) is 44.0 Å². The number of halogens is 3. The lowest BCUT2D eigenvalue weighted by atomic mass is 9.77. The van der Waals surface area contributed by atoms with Crippen LogP contribution in [0.1, 0.15) is 37.3 Å². The number of nitrogens with zero attached hydrogens (tertiary/aromatic N) is 4. The Morgan fingerprint density at radius 3 is 2.57 bits per heavy atom. The van der Waals surface area contributed by atoms with Gasteiger partial charge in [-0.25, -0.2) is 4.68 Å². The second-order valence-corrected chi connectivity index (χ2v) is 9.22. The van der Waals surface area contributed by atoms with E-state index in [1.165, 1.54) is 25.0 Å². The number of hydrogen-bond donors (Lipinski definition) is 0. The smallest absolute Gasteiger partial charge is 0.376 e. The highest BCUT2D eigenvalue weighted by Gasteiger charge is 2.43. The Bertz CT molecular complexity index is 895. The van der Waals surface area contributed by atoms with E-state index in [1.54, 1.807) is 16.9 Å². The van der Waals surface area contributed by atoms with Crippen LogP contribution in [0.3, 0.4) is 0 Å². The molecule has 3 fully saturated rings. The normalized spacial score (nSPS) is 29.9. The molecule has 2 heterocycles. The van der Waals surface area contributed by atoms with E-state index in [2.05, 4.69) is 22.3 Å². The van der Waals surface area contributed by atoms with E-state index in [0.29, 0.717) is 17.8 Å². The van der Waals surface area contributed by atoms with Gasteiger partial charge in [0.15, 0.2) is 0 Å². The van der Waals surface area contributed by atoms with Gasteiger partial charge in [-0.05, 0) is 56.6 Å². The van der Waals surface area contributed by atoms with Crippen molar-refractivity contribution in [3.63, 3.8) is 0 Å². The molecule has 0 spiro atoms. The molecular weight excluding hydrogens is 393 g/mol. The van der Waals surface area contributed by atoms with Crippen LogP contribution in [0.15, 0.2) is 30.5 Å². The molecule has 4 atom stereocenters. The largest absolute Gasteiger partial charge is 0.417 e. The molecule has 1 aromatic heterocycles. The Kier molecular flexibility index (Phi) is 5.09. The third-order valence-electron chi connectivity index (χ3n) is 6.87. The minimum absolute atomic E-state index is 0.01000. The van der Waals surface area contributed by atoms with E-state index in [0.717, 1.165) is 38.6 Å². The Balaban J connectivity index is 1.42. The summed E-state index contributed by atoms with van der Waals surface area (Å²) in [6, 6.07) is 5.56. The first-order valence-corrected chi connectivity index (χ1v) is 10.8. The molecule has 2 saturated carbocycles. The molecule has 162 valence electrons. The summed E-state index contributed by atoms with van der Waals surface area (Å²) in [7, 11) is 2.15.